The van der Waals surface area contributed by atoms with E-state index in [1.54, 1.807) is 0 Å². The minimum atomic E-state index is -0.0536. The summed E-state index contributed by atoms with van der Waals surface area (Å²) in [5.41, 5.74) is 0.676. The van der Waals surface area contributed by atoms with E-state index in [9.17, 15) is 10.2 Å². The molecule has 0 aromatic heterocycles. The van der Waals surface area contributed by atoms with Crippen molar-refractivity contribution in [1.29, 1.82) is 0 Å². The quantitative estimate of drug-likeness (QED) is 0.714. The van der Waals surface area contributed by atoms with Gasteiger partial charge in [-0.3, -0.25) is 0 Å². The van der Waals surface area contributed by atoms with E-state index in [0.29, 0.717) is 5.41 Å². The van der Waals surface area contributed by atoms with E-state index in [1.807, 2.05) is 0 Å². The maximum atomic E-state index is 10.5. The zero-order valence-electron chi connectivity index (χ0n) is 13.7. The van der Waals surface area contributed by atoms with Gasteiger partial charge >= 0.3 is 0 Å². The van der Waals surface area contributed by atoms with Crippen molar-refractivity contribution in [3.63, 3.8) is 0 Å². The Morgan fingerprint density at radius 3 is 2.29 bits per heavy atom. The summed E-state index contributed by atoms with van der Waals surface area (Å²) in [5.74, 6) is 3.21. The van der Waals surface area contributed by atoms with Gasteiger partial charge in [0.15, 0.2) is 0 Å². The Kier molecular flexibility index (Phi) is 3.25. The minimum absolute atomic E-state index is 0.0400. The molecule has 0 amide bonds. The molecule has 8 atom stereocenters. The molecule has 4 fully saturated rings. The summed E-state index contributed by atoms with van der Waals surface area (Å²) in [5, 5.41) is 20.5. The number of fused-ring (bicyclic) bond motifs is 5. The molecule has 4 saturated carbocycles. The molecule has 4 aliphatic rings. The highest BCUT2D eigenvalue weighted by Gasteiger charge is 2.59. The van der Waals surface area contributed by atoms with Gasteiger partial charge in [0, 0.05) is 0 Å². The van der Waals surface area contributed by atoms with Crippen LogP contribution in [0.3, 0.4) is 0 Å². The van der Waals surface area contributed by atoms with E-state index in [2.05, 4.69) is 13.8 Å². The Morgan fingerprint density at radius 1 is 0.762 bits per heavy atom. The predicted octanol–water partition coefficient (Wildman–Crippen LogP) is 3.75. The molecule has 0 spiro atoms. The van der Waals surface area contributed by atoms with Crippen LogP contribution in [0.2, 0.25) is 0 Å². The molecule has 7 unspecified atom stereocenters. The predicted molar refractivity (Wildman–Crippen MR) is 83.7 cm³/mol. The SMILES string of the molecule is CC12CCC3C(CCC4C[C@H](O)CCC43C)C1CCC2O. The number of hydrogen-bond acceptors (Lipinski definition) is 2. The van der Waals surface area contributed by atoms with Crippen molar-refractivity contribution in [3.05, 3.63) is 0 Å². The fourth-order valence-corrected chi connectivity index (χ4v) is 7.21. The summed E-state index contributed by atoms with van der Waals surface area (Å²) < 4.78 is 0. The lowest BCUT2D eigenvalue weighted by molar-refractivity contribution is -0.133. The summed E-state index contributed by atoms with van der Waals surface area (Å²) in [6.07, 6.45) is 10.7. The summed E-state index contributed by atoms with van der Waals surface area (Å²) in [6.45, 7) is 4.90. The van der Waals surface area contributed by atoms with Gasteiger partial charge in [-0.05, 0) is 92.3 Å². The van der Waals surface area contributed by atoms with Crippen molar-refractivity contribution >= 4 is 0 Å². The molecule has 2 N–H and O–H groups in total. The highest BCUT2D eigenvalue weighted by atomic mass is 16.3. The first-order chi connectivity index (χ1) is 9.95. The lowest BCUT2D eigenvalue weighted by Crippen LogP contribution is -2.54. The Balaban J connectivity index is 1.62. The van der Waals surface area contributed by atoms with E-state index in [1.165, 1.54) is 38.5 Å². The summed E-state index contributed by atoms with van der Waals surface area (Å²) in [6, 6.07) is 0. The van der Waals surface area contributed by atoms with Crippen LogP contribution >= 0.6 is 0 Å². The second-order valence-corrected chi connectivity index (χ2v) is 9.22. The molecule has 21 heavy (non-hydrogen) atoms. The van der Waals surface area contributed by atoms with E-state index >= 15 is 0 Å². The zero-order chi connectivity index (χ0) is 14.8. The van der Waals surface area contributed by atoms with E-state index in [-0.39, 0.29) is 17.6 Å². The van der Waals surface area contributed by atoms with Gasteiger partial charge in [-0.15, -0.1) is 0 Å². The van der Waals surface area contributed by atoms with Crippen molar-refractivity contribution in [2.24, 2.45) is 34.5 Å². The average molecular weight is 292 g/mol. The van der Waals surface area contributed by atoms with Gasteiger partial charge in [0.2, 0.25) is 0 Å². The van der Waals surface area contributed by atoms with E-state index in [0.717, 1.165) is 42.9 Å². The molecule has 0 aliphatic heterocycles. The van der Waals surface area contributed by atoms with Crippen LogP contribution in [0.15, 0.2) is 0 Å². The second kappa shape index (κ2) is 4.71. The Morgan fingerprint density at radius 2 is 1.48 bits per heavy atom. The Hall–Kier alpha value is -0.0800. The van der Waals surface area contributed by atoms with E-state index in [4.69, 9.17) is 0 Å². The third kappa shape index (κ3) is 1.91. The molecule has 4 aliphatic carbocycles. The molecule has 4 rings (SSSR count). The Labute approximate surface area is 129 Å². The van der Waals surface area contributed by atoms with Crippen LogP contribution in [-0.2, 0) is 0 Å². The highest BCUT2D eigenvalue weighted by molar-refractivity contribution is 5.09. The van der Waals surface area contributed by atoms with Crippen LogP contribution in [0, 0.1) is 34.5 Å². The minimum Gasteiger partial charge on any atom is -0.393 e. The van der Waals surface area contributed by atoms with Crippen LogP contribution in [-0.4, -0.2) is 22.4 Å². The van der Waals surface area contributed by atoms with Crippen molar-refractivity contribution in [2.75, 3.05) is 0 Å². The molecule has 2 heteroatoms. The maximum absolute atomic E-state index is 10.5. The lowest BCUT2D eigenvalue weighted by Gasteiger charge is -2.60. The fraction of sp³-hybridized carbons (Fsp3) is 1.00. The van der Waals surface area contributed by atoms with Crippen LogP contribution in [0.1, 0.15) is 71.6 Å². The van der Waals surface area contributed by atoms with Crippen molar-refractivity contribution in [1.82, 2.24) is 0 Å². The smallest absolute Gasteiger partial charge is 0.0596 e. The molecule has 0 saturated heterocycles. The molecule has 0 aromatic rings. The van der Waals surface area contributed by atoms with Crippen molar-refractivity contribution in [3.8, 4) is 0 Å². The molecule has 0 radical (unpaired) electrons. The number of hydrogen-bond donors (Lipinski definition) is 2. The lowest BCUT2D eigenvalue weighted by atomic mass is 9.45. The molecule has 0 aromatic carbocycles. The topological polar surface area (TPSA) is 40.5 Å². The third-order valence-electron chi connectivity index (χ3n) is 8.59. The standard InChI is InChI=1S/C19H32O2/c1-18-9-7-13(20)11-12(18)3-4-14-15-5-6-17(21)19(15,2)10-8-16(14)18/h12-17,20-21H,3-11H2,1-2H3/t12?,13-,14?,15?,16?,17?,18?,19?/m1/s1. The van der Waals surface area contributed by atoms with Gasteiger partial charge in [-0.1, -0.05) is 13.8 Å². The summed E-state index contributed by atoms with van der Waals surface area (Å²) in [4.78, 5) is 0. The molecule has 0 heterocycles. The molecule has 120 valence electrons. The number of aliphatic hydroxyl groups is 2. The Bertz CT molecular complexity index is 422. The average Bonchev–Trinajstić information content (AvgIpc) is 2.76. The van der Waals surface area contributed by atoms with Crippen LogP contribution in [0.4, 0.5) is 0 Å². The van der Waals surface area contributed by atoms with Crippen LogP contribution in [0.25, 0.3) is 0 Å². The molecular formula is C19H32O2. The fourth-order valence-electron chi connectivity index (χ4n) is 7.21. The van der Waals surface area contributed by atoms with Gasteiger partial charge in [0.1, 0.15) is 0 Å². The normalized spacial score (nSPS) is 60.0. The molecule has 0 bridgehead atoms. The highest BCUT2D eigenvalue weighted by Crippen LogP contribution is 2.66. The maximum Gasteiger partial charge on any atom is 0.0596 e. The van der Waals surface area contributed by atoms with Crippen LogP contribution in [0.5, 0.6) is 0 Å². The summed E-state index contributed by atoms with van der Waals surface area (Å²) >= 11 is 0. The second-order valence-electron chi connectivity index (χ2n) is 9.22. The van der Waals surface area contributed by atoms with Crippen LogP contribution < -0.4 is 0 Å². The zero-order valence-corrected chi connectivity index (χ0v) is 13.7. The first kappa shape index (κ1) is 14.5. The first-order valence-corrected chi connectivity index (χ1v) is 9.31. The monoisotopic (exact) mass is 292 g/mol. The van der Waals surface area contributed by atoms with E-state index < -0.39 is 0 Å². The number of aliphatic hydroxyl groups excluding tert-OH is 2. The van der Waals surface area contributed by atoms with Gasteiger partial charge < -0.3 is 10.2 Å². The van der Waals surface area contributed by atoms with Crippen molar-refractivity contribution in [2.45, 2.75) is 83.8 Å². The van der Waals surface area contributed by atoms with Gasteiger partial charge in [-0.2, -0.15) is 0 Å². The first-order valence-electron chi connectivity index (χ1n) is 9.31. The molecular weight excluding hydrogens is 260 g/mol. The third-order valence-corrected chi connectivity index (χ3v) is 8.59. The number of rotatable bonds is 0. The summed E-state index contributed by atoms with van der Waals surface area (Å²) in [7, 11) is 0. The largest absolute Gasteiger partial charge is 0.393 e. The van der Waals surface area contributed by atoms with Crippen molar-refractivity contribution < 1.29 is 10.2 Å². The van der Waals surface area contributed by atoms with Gasteiger partial charge in [0.05, 0.1) is 12.2 Å². The van der Waals surface area contributed by atoms with Gasteiger partial charge in [0.25, 0.3) is 0 Å². The van der Waals surface area contributed by atoms with Gasteiger partial charge in [-0.25, -0.2) is 0 Å². The molecule has 2 nitrogen and oxygen atoms in total.